The molecule has 34 heavy (non-hydrogen) atoms. The highest BCUT2D eigenvalue weighted by atomic mass is 16.5. The van der Waals surface area contributed by atoms with Crippen LogP contribution in [0.1, 0.15) is 14.3 Å². The SMILES string of the molecule is O=C(O)[C@H](O)[C@@H](O)C(=O)O.[HH].c1cc2cc(-c3ccc(OC4CN5CCC4CC5)nn3)ccc2[nH]1. The van der Waals surface area contributed by atoms with E-state index in [1.807, 2.05) is 18.3 Å². The third-order valence-electron chi connectivity index (χ3n) is 6.16. The number of piperidine rings is 3. The van der Waals surface area contributed by atoms with Gasteiger partial charge in [0.25, 0.3) is 0 Å². The number of carbonyl (C=O) groups is 2. The number of aliphatic hydroxyl groups excluding tert-OH is 2. The average Bonchev–Trinajstić information content (AvgIpc) is 3.32. The largest absolute Gasteiger partial charge is 0.479 e. The molecule has 5 N–H and O–H groups in total. The zero-order valence-electron chi connectivity index (χ0n) is 18.2. The Balaban J connectivity index is 0.000000269. The van der Waals surface area contributed by atoms with Crippen LogP contribution >= 0.6 is 0 Å². The Hall–Kier alpha value is -3.54. The Kier molecular flexibility index (Phi) is 7.06. The second kappa shape index (κ2) is 10.2. The first-order valence-corrected chi connectivity index (χ1v) is 10.9. The zero-order valence-corrected chi connectivity index (χ0v) is 18.2. The Morgan fingerprint density at radius 2 is 1.74 bits per heavy atom. The molecule has 0 amide bonds. The molecule has 0 radical (unpaired) electrons. The summed E-state index contributed by atoms with van der Waals surface area (Å²) in [6, 6.07) is 12.3. The number of aliphatic hydroxyl groups is 2. The van der Waals surface area contributed by atoms with Crippen molar-refractivity contribution >= 4 is 22.8 Å². The van der Waals surface area contributed by atoms with E-state index in [4.69, 9.17) is 25.2 Å². The van der Waals surface area contributed by atoms with Crippen molar-refractivity contribution in [3.05, 3.63) is 42.6 Å². The molecule has 3 atom stereocenters. The number of aliphatic carboxylic acids is 2. The second-order valence-corrected chi connectivity index (χ2v) is 8.40. The van der Waals surface area contributed by atoms with Crippen molar-refractivity contribution in [3.8, 4) is 17.1 Å². The first-order valence-electron chi connectivity index (χ1n) is 10.9. The van der Waals surface area contributed by atoms with Gasteiger partial charge in [0.05, 0.1) is 5.69 Å². The van der Waals surface area contributed by atoms with E-state index in [1.165, 1.54) is 31.3 Å². The van der Waals surface area contributed by atoms with Crippen LogP contribution in [0.3, 0.4) is 0 Å². The lowest BCUT2D eigenvalue weighted by Crippen LogP contribution is -2.52. The van der Waals surface area contributed by atoms with Gasteiger partial charge in [-0.05, 0) is 56.1 Å². The maximum atomic E-state index is 9.77. The number of rotatable bonds is 6. The molecule has 0 saturated carbocycles. The van der Waals surface area contributed by atoms with E-state index >= 15 is 0 Å². The molecule has 0 spiro atoms. The number of nitrogens with zero attached hydrogens (tertiary/aromatic N) is 3. The summed E-state index contributed by atoms with van der Waals surface area (Å²) in [4.78, 5) is 25.2. The number of ether oxygens (including phenoxy) is 1. The van der Waals surface area contributed by atoms with Crippen molar-refractivity contribution in [2.45, 2.75) is 31.2 Å². The molecule has 6 rings (SSSR count). The Labute approximate surface area is 196 Å². The second-order valence-electron chi connectivity index (χ2n) is 8.40. The lowest BCUT2D eigenvalue weighted by molar-refractivity contribution is -0.165. The fourth-order valence-electron chi connectivity index (χ4n) is 4.22. The van der Waals surface area contributed by atoms with E-state index in [9.17, 15) is 9.59 Å². The minimum Gasteiger partial charge on any atom is -0.479 e. The monoisotopic (exact) mass is 472 g/mol. The highest BCUT2D eigenvalue weighted by Crippen LogP contribution is 2.30. The fraction of sp³-hybridized carbons (Fsp3) is 0.391. The van der Waals surface area contributed by atoms with Gasteiger partial charge in [0.2, 0.25) is 5.88 Å². The quantitative estimate of drug-likeness (QED) is 0.352. The highest BCUT2D eigenvalue weighted by molar-refractivity contribution is 5.84. The first-order chi connectivity index (χ1) is 16.3. The van der Waals surface area contributed by atoms with Crippen LogP contribution in [-0.2, 0) is 9.59 Å². The number of benzene rings is 1. The number of hydrogen-bond donors (Lipinski definition) is 5. The van der Waals surface area contributed by atoms with E-state index < -0.39 is 24.1 Å². The Bertz CT molecular complexity index is 1130. The molecule has 2 bridgehead atoms. The summed E-state index contributed by atoms with van der Waals surface area (Å²) in [5, 5.41) is 42.4. The molecule has 3 aromatic rings. The van der Waals surface area contributed by atoms with Gasteiger partial charge in [0.15, 0.2) is 12.2 Å². The van der Waals surface area contributed by atoms with Crippen molar-refractivity contribution in [1.82, 2.24) is 20.1 Å². The van der Waals surface area contributed by atoms with E-state index in [-0.39, 0.29) is 7.53 Å². The molecule has 3 aliphatic rings. The van der Waals surface area contributed by atoms with Crippen LogP contribution in [-0.4, -0.2) is 90.4 Å². The first kappa shape index (κ1) is 23.6. The van der Waals surface area contributed by atoms with Gasteiger partial charge < -0.3 is 30.1 Å². The highest BCUT2D eigenvalue weighted by Gasteiger charge is 2.35. The number of aromatic amines is 1. The van der Waals surface area contributed by atoms with Crippen molar-refractivity contribution in [1.29, 1.82) is 0 Å². The number of aromatic nitrogens is 3. The fourth-order valence-corrected chi connectivity index (χ4v) is 4.22. The third kappa shape index (κ3) is 5.33. The smallest absolute Gasteiger partial charge is 0.335 e. The summed E-state index contributed by atoms with van der Waals surface area (Å²) in [6.07, 6.45) is 0.170. The minimum atomic E-state index is -2.27. The van der Waals surface area contributed by atoms with Gasteiger partial charge in [-0.25, -0.2) is 9.59 Å². The van der Waals surface area contributed by atoms with Gasteiger partial charge in [-0.2, -0.15) is 0 Å². The zero-order chi connectivity index (χ0) is 24.2. The van der Waals surface area contributed by atoms with Gasteiger partial charge in [-0.3, -0.25) is 4.90 Å². The lowest BCUT2D eigenvalue weighted by Gasteiger charge is -2.44. The van der Waals surface area contributed by atoms with Gasteiger partial charge in [0, 0.05) is 36.7 Å². The number of nitrogens with one attached hydrogen (secondary N) is 1. The normalized spacial score (nSPS) is 22.9. The lowest BCUT2D eigenvalue weighted by atomic mass is 9.86. The molecular weight excluding hydrogens is 444 g/mol. The summed E-state index contributed by atoms with van der Waals surface area (Å²) >= 11 is 0. The van der Waals surface area contributed by atoms with Crippen LogP contribution in [0.15, 0.2) is 42.6 Å². The molecule has 5 heterocycles. The van der Waals surface area contributed by atoms with Crippen molar-refractivity contribution in [2.24, 2.45) is 5.92 Å². The number of H-pyrrole nitrogens is 1. The molecule has 1 unspecified atom stereocenters. The average molecular weight is 472 g/mol. The molecule has 0 aliphatic carbocycles. The van der Waals surface area contributed by atoms with Gasteiger partial charge >= 0.3 is 11.9 Å². The summed E-state index contributed by atoms with van der Waals surface area (Å²) in [7, 11) is 0. The van der Waals surface area contributed by atoms with Crippen LogP contribution < -0.4 is 4.74 Å². The maximum Gasteiger partial charge on any atom is 0.335 e. The third-order valence-corrected chi connectivity index (χ3v) is 6.16. The summed E-state index contributed by atoms with van der Waals surface area (Å²) in [5.74, 6) is -2.22. The topological polar surface area (TPSA) is 169 Å². The molecule has 3 aliphatic heterocycles. The molecule has 1 aromatic carbocycles. The van der Waals surface area contributed by atoms with Gasteiger partial charge in [0.1, 0.15) is 6.10 Å². The summed E-state index contributed by atoms with van der Waals surface area (Å²) in [5.41, 5.74) is 3.08. The predicted octanol–water partition coefficient (Wildman–Crippen LogP) is 1.22. The standard InChI is InChI=1S/C19H20N4O.C4H6O6.H2/c1-2-16-15(5-8-20-16)11-14(1)17-3-4-19(22-21-17)24-18-12-23-9-6-13(18)7-10-23;5-1(3(7)8)2(6)4(9)10;/h1-5,8,11,13,18,20H,6-7,9-10,12H2;1-2,5-6H,(H,7,8)(H,9,10);1H/t;1-,2-;/m.1./s1. The minimum absolute atomic E-state index is 0. The van der Waals surface area contributed by atoms with E-state index in [2.05, 4.69) is 44.3 Å². The Morgan fingerprint density at radius 3 is 2.29 bits per heavy atom. The van der Waals surface area contributed by atoms with Gasteiger partial charge in [-0.15, -0.1) is 10.2 Å². The number of carboxylic acid groups (broad SMARTS) is 2. The molecule has 2 aromatic heterocycles. The predicted molar refractivity (Wildman–Crippen MR) is 122 cm³/mol. The molecule has 182 valence electrons. The Morgan fingerprint density at radius 1 is 1.03 bits per heavy atom. The van der Waals surface area contributed by atoms with E-state index in [1.54, 1.807) is 0 Å². The van der Waals surface area contributed by atoms with Crippen LogP contribution in [0.25, 0.3) is 22.2 Å². The molecule has 3 fully saturated rings. The van der Waals surface area contributed by atoms with Crippen molar-refractivity contribution in [3.63, 3.8) is 0 Å². The van der Waals surface area contributed by atoms with Crippen molar-refractivity contribution < 1.29 is 36.2 Å². The number of fused-ring (bicyclic) bond motifs is 4. The maximum absolute atomic E-state index is 9.77. The van der Waals surface area contributed by atoms with E-state index in [0.29, 0.717) is 11.8 Å². The van der Waals surface area contributed by atoms with Crippen LogP contribution in [0, 0.1) is 5.92 Å². The van der Waals surface area contributed by atoms with Crippen molar-refractivity contribution in [2.75, 3.05) is 19.6 Å². The van der Waals surface area contributed by atoms with Crippen LogP contribution in [0.4, 0.5) is 0 Å². The molecule has 11 nitrogen and oxygen atoms in total. The number of hydrogen-bond acceptors (Lipinski definition) is 8. The number of carboxylic acids is 2. The summed E-state index contributed by atoms with van der Waals surface area (Å²) in [6.45, 7) is 3.46. The molecule has 11 heteroatoms. The summed E-state index contributed by atoms with van der Waals surface area (Å²) < 4.78 is 6.12. The van der Waals surface area contributed by atoms with Crippen LogP contribution in [0.2, 0.25) is 0 Å². The van der Waals surface area contributed by atoms with E-state index in [0.717, 1.165) is 23.3 Å². The van der Waals surface area contributed by atoms with Crippen LogP contribution in [0.5, 0.6) is 5.88 Å². The van der Waals surface area contributed by atoms with Gasteiger partial charge in [-0.1, -0.05) is 6.07 Å². The molecular formula is C23H28N4O7. The molecule has 3 saturated heterocycles.